The second kappa shape index (κ2) is 1.91. The standard InChI is InChI=1S/C6H4N3S/c7-6-9-4-2-1-3-8-5(4)10-6/h1-2H,(H2,7,9). The highest BCUT2D eigenvalue weighted by atomic mass is 32.1. The lowest BCUT2D eigenvalue weighted by molar-refractivity contribution is 1.39. The average Bonchev–Trinajstić information content (AvgIpc) is 2.27. The molecule has 0 aliphatic carbocycles. The highest BCUT2D eigenvalue weighted by Gasteiger charge is 1.98. The number of aromatic nitrogens is 2. The lowest BCUT2D eigenvalue weighted by Crippen LogP contribution is -1.78. The van der Waals surface area contributed by atoms with Gasteiger partial charge in [-0.15, -0.1) is 0 Å². The van der Waals surface area contributed by atoms with Crippen LogP contribution >= 0.6 is 11.3 Å². The van der Waals surface area contributed by atoms with Crippen molar-refractivity contribution in [2.45, 2.75) is 0 Å². The number of fused-ring (bicyclic) bond motifs is 1. The van der Waals surface area contributed by atoms with Crippen LogP contribution in [0.2, 0.25) is 0 Å². The van der Waals surface area contributed by atoms with Crippen LogP contribution in [-0.4, -0.2) is 9.97 Å². The summed E-state index contributed by atoms with van der Waals surface area (Å²) in [6, 6.07) is 3.57. The van der Waals surface area contributed by atoms with Crippen LogP contribution in [0.25, 0.3) is 10.3 Å². The third kappa shape index (κ3) is 0.733. The maximum Gasteiger partial charge on any atom is 0.182 e. The van der Waals surface area contributed by atoms with Crippen LogP contribution in [0.5, 0.6) is 0 Å². The van der Waals surface area contributed by atoms with E-state index in [1.807, 2.05) is 6.07 Å². The predicted molar refractivity (Wildman–Crippen MR) is 40.7 cm³/mol. The lowest BCUT2D eigenvalue weighted by Gasteiger charge is -1.78. The lowest BCUT2D eigenvalue weighted by atomic mass is 10.5. The van der Waals surface area contributed by atoms with Gasteiger partial charge in [0, 0.05) is 0 Å². The normalized spacial score (nSPS) is 10.4. The van der Waals surface area contributed by atoms with E-state index in [9.17, 15) is 0 Å². The Kier molecular flexibility index (Phi) is 1.07. The molecule has 0 saturated carbocycles. The number of rotatable bonds is 0. The molecule has 2 N–H and O–H groups in total. The van der Waals surface area contributed by atoms with Crippen LogP contribution in [0.3, 0.4) is 0 Å². The Bertz CT molecular complexity index is 322. The molecule has 0 bridgehead atoms. The molecule has 0 spiro atoms. The molecule has 4 heteroatoms. The molecule has 1 radical (unpaired) electrons. The molecule has 49 valence electrons. The second-order valence-corrected chi connectivity index (χ2v) is 2.83. The number of hydrogen-bond acceptors (Lipinski definition) is 4. The summed E-state index contributed by atoms with van der Waals surface area (Å²) in [5.41, 5.74) is 6.29. The third-order valence-electron chi connectivity index (χ3n) is 1.13. The van der Waals surface area contributed by atoms with Gasteiger partial charge in [-0.25, -0.2) is 9.97 Å². The minimum atomic E-state index is 0.558. The minimum absolute atomic E-state index is 0.558. The molecule has 0 atom stereocenters. The first-order valence-electron chi connectivity index (χ1n) is 2.75. The number of anilines is 1. The van der Waals surface area contributed by atoms with Crippen LogP contribution in [0, 0.1) is 6.20 Å². The summed E-state index contributed by atoms with van der Waals surface area (Å²) < 4.78 is 0. The van der Waals surface area contributed by atoms with Crippen molar-refractivity contribution in [2.75, 3.05) is 5.73 Å². The van der Waals surface area contributed by atoms with Crippen LogP contribution in [0.15, 0.2) is 12.1 Å². The maximum atomic E-state index is 5.44. The van der Waals surface area contributed by atoms with Crippen LogP contribution in [0.1, 0.15) is 0 Å². The molecule has 2 heterocycles. The van der Waals surface area contributed by atoms with Gasteiger partial charge in [-0.2, -0.15) is 0 Å². The van der Waals surface area contributed by atoms with E-state index in [0.717, 1.165) is 10.3 Å². The number of nitrogens with two attached hydrogens (primary N) is 1. The molecule has 0 fully saturated rings. The summed E-state index contributed by atoms with van der Waals surface area (Å²) in [5.74, 6) is 0. The van der Waals surface area contributed by atoms with Crippen molar-refractivity contribution < 1.29 is 0 Å². The Morgan fingerprint density at radius 2 is 2.50 bits per heavy atom. The summed E-state index contributed by atoms with van der Waals surface area (Å²) in [6.45, 7) is 0. The summed E-state index contributed by atoms with van der Waals surface area (Å²) in [7, 11) is 0. The van der Waals surface area contributed by atoms with Gasteiger partial charge in [-0.1, -0.05) is 11.3 Å². The van der Waals surface area contributed by atoms with Crippen molar-refractivity contribution in [1.29, 1.82) is 0 Å². The first-order valence-corrected chi connectivity index (χ1v) is 3.57. The molecule has 0 aliphatic rings. The van der Waals surface area contributed by atoms with Gasteiger partial charge in [0.05, 0.1) is 6.20 Å². The molecule has 0 amide bonds. The zero-order chi connectivity index (χ0) is 6.97. The average molecular weight is 150 g/mol. The smallest absolute Gasteiger partial charge is 0.182 e. The van der Waals surface area contributed by atoms with Crippen molar-refractivity contribution in [3.8, 4) is 0 Å². The van der Waals surface area contributed by atoms with Crippen LogP contribution in [-0.2, 0) is 0 Å². The van der Waals surface area contributed by atoms with Gasteiger partial charge in [-0.05, 0) is 12.1 Å². The van der Waals surface area contributed by atoms with Crippen LogP contribution in [0.4, 0.5) is 5.13 Å². The van der Waals surface area contributed by atoms with Gasteiger partial charge in [0.15, 0.2) is 5.13 Å². The monoisotopic (exact) mass is 150 g/mol. The molecule has 0 saturated heterocycles. The molecule has 0 unspecified atom stereocenters. The molecule has 10 heavy (non-hydrogen) atoms. The summed E-state index contributed by atoms with van der Waals surface area (Å²) in [5, 5.41) is 0.558. The Balaban J connectivity index is 2.88. The maximum absolute atomic E-state index is 5.44. The van der Waals surface area contributed by atoms with Crippen molar-refractivity contribution in [2.24, 2.45) is 0 Å². The van der Waals surface area contributed by atoms with Crippen LogP contribution < -0.4 is 5.73 Å². The van der Waals surface area contributed by atoms with Gasteiger partial charge >= 0.3 is 0 Å². The van der Waals surface area contributed by atoms with E-state index in [-0.39, 0.29) is 0 Å². The number of pyridine rings is 1. The first-order chi connectivity index (χ1) is 4.86. The van der Waals surface area contributed by atoms with E-state index in [1.54, 1.807) is 6.07 Å². The fraction of sp³-hybridized carbons (Fsp3) is 0. The topological polar surface area (TPSA) is 51.8 Å². The molecule has 2 rings (SSSR count). The quantitative estimate of drug-likeness (QED) is 0.611. The number of nitrogens with zero attached hydrogens (tertiary/aromatic N) is 2. The Hall–Kier alpha value is -1.16. The highest BCUT2D eigenvalue weighted by molar-refractivity contribution is 7.21. The summed E-state index contributed by atoms with van der Waals surface area (Å²) >= 11 is 1.38. The van der Waals surface area contributed by atoms with Gasteiger partial charge in [0.2, 0.25) is 0 Å². The molecule has 0 aromatic carbocycles. The first kappa shape index (κ1) is 5.61. The van der Waals surface area contributed by atoms with Crippen molar-refractivity contribution in [3.05, 3.63) is 18.3 Å². The number of thiazole rings is 1. The summed E-state index contributed by atoms with van der Waals surface area (Å²) in [4.78, 5) is 8.83. The zero-order valence-corrected chi connectivity index (χ0v) is 5.85. The number of nitrogen functional groups attached to an aromatic ring is 1. The van der Waals surface area contributed by atoms with Crippen molar-refractivity contribution >= 4 is 26.8 Å². The molecule has 2 aromatic rings. The summed E-state index contributed by atoms with van der Waals surface area (Å²) in [6.07, 6.45) is 2.71. The van der Waals surface area contributed by atoms with Crippen molar-refractivity contribution in [3.63, 3.8) is 0 Å². The Morgan fingerprint density at radius 3 is 3.30 bits per heavy atom. The third-order valence-corrected chi connectivity index (χ3v) is 1.93. The zero-order valence-electron chi connectivity index (χ0n) is 5.03. The van der Waals surface area contributed by atoms with E-state index >= 15 is 0 Å². The molecular formula is C6H4N3S. The molecule has 0 aliphatic heterocycles. The van der Waals surface area contributed by atoms with Gasteiger partial charge in [0.25, 0.3) is 0 Å². The fourth-order valence-corrected chi connectivity index (χ4v) is 1.40. The second-order valence-electron chi connectivity index (χ2n) is 1.82. The molecular weight excluding hydrogens is 146 g/mol. The Labute approximate surface area is 61.5 Å². The van der Waals surface area contributed by atoms with Crippen molar-refractivity contribution in [1.82, 2.24) is 9.97 Å². The fourth-order valence-electron chi connectivity index (χ4n) is 0.741. The van der Waals surface area contributed by atoms with E-state index < -0.39 is 0 Å². The van der Waals surface area contributed by atoms with E-state index in [2.05, 4.69) is 16.2 Å². The minimum Gasteiger partial charge on any atom is -0.375 e. The molecule has 2 aromatic heterocycles. The van der Waals surface area contributed by atoms with E-state index in [1.165, 1.54) is 11.3 Å². The SMILES string of the molecule is Nc1nc2cc[c]nc2s1. The van der Waals surface area contributed by atoms with Gasteiger partial charge in [0.1, 0.15) is 10.3 Å². The molecule has 3 nitrogen and oxygen atoms in total. The largest absolute Gasteiger partial charge is 0.375 e. The van der Waals surface area contributed by atoms with E-state index in [4.69, 9.17) is 5.73 Å². The van der Waals surface area contributed by atoms with Gasteiger partial charge in [-0.3, -0.25) is 0 Å². The van der Waals surface area contributed by atoms with E-state index in [0.29, 0.717) is 5.13 Å². The van der Waals surface area contributed by atoms with Gasteiger partial charge < -0.3 is 5.73 Å². The number of hydrogen-bond donors (Lipinski definition) is 1. The Morgan fingerprint density at radius 1 is 1.60 bits per heavy atom. The predicted octanol–water partition coefficient (Wildman–Crippen LogP) is 1.07. The highest BCUT2D eigenvalue weighted by Crippen LogP contribution is 2.19.